The van der Waals surface area contributed by atoms with Crippen LogP contribution in [0.1, 0.15) is 0 Å². The Kier molecular flexibility index (Phi) is 3.16. The second kappa shape index (κ2) is 4.62. The van der Waals surface area contributed by atoms with Crippen molar-refractivity contribution in [3.05, 3.63) is 48.4 Å². The molecule has 0 aliphatic heterocycles. The maximum Gasteiger partial charge on any atom is 0.240 e. The molecule has 18 heavy (non-hydrogen) atoms. The van der Waals surface area contributed by atoms with Crippen molar-refractivity contribution in [2.45, 2.75) is 0 Å². The Bertz CT molecular complexity index is 678. The molecule has 0 radical (unpaired) electrons. The number of rotatable bonds is 1. The van der Waals surface area contributed by atoms with Crippen LogP contribution in [0, 0.1) is 5.82 Å². The highest BCUT2D eigenvalue weighted by atomic mass is 35.5. The molecule has 92 valence electrons. The number of benzene rings is 1. The van der Waals surface area contributed by atoms with E-state index in [2.05, 4.69) is 10.1 Å². The van der Waals surface area contributed by atoms with Crippen LogP contribution in [0.2, 0.25) is 0 Å². The van der Waals surface area contributed by atoms with Crippen LogP contribution in [0.25, 0.3) is 16.8 Å². The number of nitrogens with zero attached hydrogens (tertiary/aromatic N) is 3. The molecule has 0 aliphatic rings. The minimum atomic E-state index is -0.250. The lowest BCUT2D eigenvalue weighted by atomic mass is 10.1. The van der Waals surface area contributed by atoms with Crippen LogP contribution < -0.4 is 5.73 Å². The molecule has 0 atom stereocenters. The van der Waals surface area contributed by atoms with Crippen LogP contribution in [0.4, 0.5) is 10.3 Å². The topological polar surface area (TPSA) is 56.2 Å². The van der Waals surface area contributed by atoms with Gasteiger partial charge in [-0.1, -0.05) is 12.1 Å². The van der Waals surface area contributed by atoms with Gasteiger partial charge in [0.25, 0.3) is 0 Å². The first-order chi connectivity index (χ1) is 8.22. The van der Waals surface area contributed by atoms with E-state index in [1.807, 2.05) is 18.3 Å². The van der Waals surface area contributed by atoms with Crippen molar-refractivity contribution in [2.24, 2.45) is 0 Å². The average Bonchev–Trinajstić information content (AvgIpc) is 2.69. The molecule has 0 aliphatic carbocycles. The van der Waals surface area contributed by atoms with Gasteiger partial charge in [-0.3, -0.25) is 0 Å². The lowest BCUT2D eigenvalue weighted by Gasteiger charge is -2.01. The Morgan fingerprint density at radius 2 is 1.67 bits per heavy atom. The largest absolute Gasteiger partial charge is 0.366 e. The summed E-state index contributed by atoms with van der Waals surface area (Å²) in [5, 5.41) is 4.03. The molecular weight excluding hydrogens is 255 g/mol. The molecule has 0 saturated carbocycles. The van der Waals surface area contributed by atoms with E-state index in [1.54, 1.807) is 16.6 Å². The summed E-state index contributed by atoms with van der Waals surface area (Å²) in [6.07, 6.45) is 1.81. The van der Waals surface area contributed by atoms with Crippen LogP contribution in [-0.2, 0) is 0 Å². The van der Waals surface area contributed by atoms with Crippen molar-refractivity contribution in [2.75, 3.05) is 5.73 Å². The third-order valence-corrected chi connectivity index (χ3v) is 2.52. The number of aromatic nitrogens is 3. The van der Waals surface area contributed by atoms with E-state index in [4.69, 9.17) is 5.73 Å². The summed E-state index contributed by atoms with van der Waals surface area (Å²) in [5.41, 5.74) is 8.05. The molecule has 2 heterocycles. The van der Waals surface area contributed by atoms with Gasteiger partial charge in [-0.2, -0.15) is 4.98 Å². The van der Waals surface area contributed by atoms with Gasteiger partial charge in [-0.05, 0) is 29.8 Å². The minimum Gasteiger partial charge on any atom is -0.366 e. The quantitative estimate of drug-likeness (QED) is 0.735. The van der Waals surface area contributed by atoms with E-state index >= 15 is 0 Å². The molecule has 2 aromatic heterocycles. The van der Waals surface area contributed by atoms with Gasteiger partial charge >= 0.3 is 0 Å². The van der Waals surface area contributed by atoms with Gasteiger partial charge in [-0.15, -0.1) is 17.5 Å². The Balaban J connectivity index is 0.00000120. The molecule has 0 fully saturated rings. The molecule has 2 N–H and O–H groups in total. The Labute approximate surface area is 109 Å². The second-order valence-electron chi connectivity index (χ2n) is 3.70. The second-order valence-corrected chi connectivity index (χ2v) is 3.70. The van der Waals surface area contributed by atoms with Gasteiger partial charge in [0.15, 0.2) is 5.65 Å². The van der Waals surface area contributed by atoms with Crippen LogP contribution >= 0.6 is 12.4 Å². The van der Waals surface area contributed by atoms with Crippen LogP contribution in [0.15, 0.2) is 42.6 Å². The fourth-order valence-corrected chi connectivity index (χ4v) is 1.71. The summed E-state index contributed by atoms with van der Waals surface area (Å²) in [6, 6.07) is 10.0. The normalized spacial score (nSPS) is 10.3. The highest BCUT2D eigenvalue weighted by molar-refractivity contribution is 5.85. The summed E-state index contributed by atoms with van der Waals surface area (Å²) >= 11 is 0. The number of fused-ring (bicyclic) bond motifs is 1. The lowest BCUT2D eigenvalue weighted by Crippen LogP contribution is -1.90. The monoisotopic (exact) mass is 264 g/mol. The van der Waals surface area contributed by atoms with Crippen LogP contribution in [0.5, 0.6) is 0 Å². The van der Waals surface area contributed by atoms with Gasteiger partial charge < -0.3 is 5.73 Å². The van der Waals surface area contributed by atoms with E-state index in [0.717, 1.165) is 11.1 Å². The molecule has 3 aromatic rings. The maximum atomic E-state index is 12.8. The number of nitrogens with two attached hydrogens (primary N) is 1. The first-order valence-corrected chi connectivity index (χ1v) is 5.10. The van der Waals surface area contributed by atoms with Gasteiger partial charge in [0, 0.05) is 11.8 Å². The molecular formula is C12H10ClFN4. The summed E-state index contributed by atoms with van der Waals surface area (Å²) in [6.45, 7) is 0. The summed E-state index contributed by atoms with van der Waals surface area (Å²) < 4.78 is 14.4. The summed E-state index contributed by atoms with van der Waals surface area (Å²) in [5.74, 6) is -0.0129. The maximum absolute atomic E-state index is 12.8. The number of anilines is 1. The molecule has 0 amide bonds. The highest BCUT2D eigenvalue weighted by Gasteiger charge is 2.03. The zero-order chi connectivity index (χ0) is 11.8. The van der Waals surface area contributed by atoms with E-state index in [9.17, 15) is 4.39 Å². The zero-order valence-corrected chi connectivity index (χ0v) is 10.1. The first kappa shape index (κ1) is 12.3. The molecule has 0 bridgehead atoms. The predicted molar refractivity (Wildman–Crippen MR) is 70.0 cm³/mol. The van der Waals surface area contributed by atoms with Gasteiger partial charge in [-0.25, -0.2) is 8.91 Å². The highest BCUT2D eigenvalue weighted by Crippen LogP contribution is 2.20. The van der Waals surface area contributed by atoms with Crippen LogP contribution in [0.3, 0.4) is 0 Å². The lowest BCUT2D eigenvalue weighted by molar-refractivity contribution is 0.628. The van der Waals surface area contributed by atoms with E-state index < -0.39 is 0 Å². The van der Waals surface area contributed by atoms with Crippen molar-refractivity contribution in [1.82, 2.24) is 14.6 Å². The fraction of sp³-hybridized carbons (Fsp3) is 0. The Morgan fingerprint density at radius 3 is 2.39 bits per heavy atom. The van der Waals surface area contributed by atoms with E-state index in [-0.39, 0.29) is 24.2 Å². The third-order valence-electron chi connectivity index (χ3n) is 2.52. The van der Waals surface area contributed by atoms with E-state index in [0.29, 0.717) is 5.65 Å². The molecule has 0 saturated heterocycles. The predicted octanol–water partition coefficient (Wildman–Crippen LogP) is 2.54. The Hall–Kier alpha value is -2.14. The molecule has 0 unspecified atom stereocenters. The van der Waals surface area contributed by atoms with Crippen molar-refractivity contribution in [1.29, 1.82) is 0 Å². The number of halogens is 2. The number of pyridine rings is 1. The number of nitrogen functional groups attached to an aromatic ring is 1. The van der Waals surface area contributed by atoms with Gasteiger partial charge in [0.05, 0.1) is 0 Å². The van der Waals surface area contributed by atoms with Crippen molar-refractivity contribution < 1.29 is 4.39 Å². The molecule has 3 rings (SSSR count). The van der Waals surface area contributed by atoms with Crippen LogP contribution in [-0.4, -0.2) is 14.6 Å². The standard InChI is InChI=1S/C12H9FN4.ClH/c13-10-4-1-8(2-5-10)9-3-6-11-15-12(14)16-17(11)7-9;/h1-7H,(H2,14,16);1H. The minimum absolute atomic E-state index is 0. The number of hydrogen-bond donors (Lipinski definition) is 1. The number of hydrogen-bond acceptors (Lipinski definition) is 3. The van der Waals surface area contributed by atoms with Crippen molar-refractivity contribution >= 4 is 24.0 Å². The first-order valence-electron chi connectivity index (χ1n) is 5.10. The van der Waals surface area contributed by atoms with Gasteiger partial charge in [0.1, 0.15) is 5.82 Å². The third kappa shape index (κ3) is 2.12. The SMILES string of the molecule is Cl.Nc1nc2ccc(-c3ccc(F)cc3)cn2n1. The van der Waals surface area contributed by atoms with Crippen molar-refractivity contribution in [3.63, 3.8) is 0 Å². The summed E-state index contributed by atoms with van der Waals surface area (Å²) in [4.78, 5) is 4.03. The van der Waals surface area contributed by atoms with Gasteiger partial charge in [0.2, 0.25) is 5.95 Å². The smallest absolute Gasteiger partial charge is 0.240 e. The average molecular weight is 265 g/mol. The molecule has 0 spiro atoms. The fourth-order valence-electron chi connectivity index (χ4n) is 1.71. The summed E-state index contributed by atoms with van der Waals surface area (Å²) in [7, 11) is 0. The molecule has 4 nitrogen and oxygen atoms in total. The van der Waals surface area contributed by atoms with Crippen molar-refractivity contribution in [3.8, 4) is 11.1 Å². The Morgan fingerprint density at radius 1 is 1.00 bits per heavy atom. The van der Waals surface area contributed by atoms with E-state index in [1.165, 1.54) is 12.1 Å². The molecule has 1 aromatic carbocycles. The zero-order valence-electron chi connectivity index (χ0n) is 9.25. The molecule has 6 heteroatoms.